The van der Waals surface area contributed by atoms with Crippen LogP contribution in [0.15, 0.2) is 47.4 Å². The highest BCUT2D eigenvalue weighted by molar-refractivity contribution is 7.90. The van der Waals surface area contributed by atoms with Gasteiger partial charge in [-0.1, -0.05) is 31.2 Å². The van der Waals surface area contributed by atoms with Crippen LogP contribution in [0.2, 0.25) is 0 Å². The van der Waals surface area contributed by atoms with Crippen LogP contribution < -0.4 is 11.1 Å². The van der Waals surface area contributed by atoms with Crippen LogP contribution in [0.5, 0.6) is 0 Å². The molecule has 0 fully saturated rings. The molecule has 20 heavy (non-hydrogen) atoms. The van der Waals surface area contributed by atoms with Crippen LogP contribution in [-0.2, 0) is 16.3 Å². The first-order valence-electron chi connectivity index (χ1n) is 6.37. The number of benzene rings is 2. The van der Waals surface area contributed by atoms with E-state index in [1.54, 1.807) is 12.1 Å². The average Bonchev–Trinajstić information content (AvgIpc) is 2.40. The molecule has 106 valence electrons. The number of nitrogens with two attached hydrogens (primary N) is 1. The van der Waals surface area contributed by atoms with Gasteiger partial charge in [0.15, 0.2) is 9.84 Å². The lowest BCUT2D eigenvalue weighted by molar-refractivity contribution is 0.602. The van der Waals surface area contributed by atoms with Gasteiger partial charge in [0.25, 0.3) is 0 Å². The lowest BCUT2D eigenvalue weighted by Gasteiger charge is -2.14. The number of nitrogens with one attached hydrogen (secondary N) is 1. The van der Waals surface area contributed by atoms with E-state index in [4.69, 9.17) is 5.73 Å². The summed E-state index contributed by atoms with van der Waals surface area (Å²) in [4.78, 5) is 0.150. The lowest BCUT2D eigenvalue weighted by atomic mass is 10.1. The highest BCUT2D eigenvalue weighted by atomic mass is 32.2. The quantitative estimate of drug-likeness (QED) is 0.849. The largest absolute Gasteiger partial charge is 0.396 e. The molecule has 0 saturated carbocycles. The Labute approximate surface area is 119 Å². The van der Waals surface area contributed by atoms with Crippen molar-refractivity contribution in [3.8, 4) is 0 Å². The monoisotopic (exact) mass is 290 g/mol. The van der Waals surface area contributed by atoms with Crippen molar-refractivity contribution >= 4 is 26.9 Å². The van der Waals surface area contributed by atoms with E-state index in [0.717, 1.165) is 23.9 Å². The summed E-state index contributed by atoms with van der Waals surface area (Å²) in [6, 6.07) is 12.9. The molecular formula is C15H18N2O2S. The average molecular weight is 290 g/mol. The number of para-hydroxylation sites is 2. The van der Waals surface area contributed by atoms with E-state index in [1.807, 2.05) is 24.3 Å². The van der Waals surface area contributed by atoms with Gasteiger partial charge in [0, 0.05) is 11.9 Å². The molecule has 0 aliphatic heterocycles. The maximum atomic E-state index is 11.7. The maximum Gasteiger partial charge on any atom is 0.177 e. The number of hydrogen-bond acceptors (Lipinski definition) is 4. The van der Waals surface area contributed by atoms with Crippen LogP contribution in [0.3, 0.4) is 0 Å². The summed E-state index contributed by atoms with van der Waals surface area (Å²) in [5, 5.41) is 3.21. The molecule has 0 aliphatic rings. The Hall–Kier alpha value is -2.01. The predicted molar refractivity (Wildman–Crippen MR) is 83.1 cm³/mol. The fourth-order valence-electron chi connectivity index (χ4n) is 2.07. The number of hydrogen-bond donors (Lipinski definition) is 2. The Kier molecular flexibility index (Phi) is 3.99. The van der Waals surface area contributed by atoms with Crippen molar-refractivity contribution in [2.24, 2.45) is 0 Å². The zero-order chi connectivity index (χ0) is 14.8. The third-order valence-electron chi connectivity index (χ3n) is 3.13. The van der Waals surface area contributed by atoms with Gasteiger partial charge in [0.2, 0.25) is 0 Å². The van der Waals surface area contributed by atoms with Crippen molar-refractivity contribution in [1.29, 1.82) is 0 Å². The molecule has 2 aromatic carbocycles. The standard InChI is InChI=1S/C15H18N2O2S/c1-3-11-7-4-5-8-12(11)17-13-9-6-10-14(15(13)16)20(2,18)19/h4-10,17H,3,16H2,1-2H3. The second-order valence-corrected chi connectivity index (χ2v) is 6.61. The Balaban J connectivity index is 2.45. The van der Waals surface area contributed by atoms with E-state index in [0.29, 0.717) is 5.69 Å². The van der Waals surface area contributed by atoms with Crippen LogP contribution in [0.25, 0.3) is 0 Å². The summed E-state index contributed by atoms with van der Waals surface area (Å²) < 4.78 is 23.3. The minimum Gasteiger partial charge on any atom is -0.396 e. The first kappa shape index (κ1) is 14.4. The zero-order valence-electron chi connectivity index (χ0n) is 11.6. The number of nitrogen functional groups attached to an aromatic ring is 1. The summed E-state index contributed by atoms with van der Waals surface area (Å²) in [5.41, 5.74) is 8.91. The molecule has 0 radical (unpaired) electrons. The van der Waals surface area contributed by atoms with Crippen molar-refractivity contribution in [3.63, 3.8) is 0 Å². The van der Waals surface area contributed by atoms with Crippen LogP contribution >= 0.6 is 0 Å². The summed E-state index contributed by atoms with van der Waals surface area (Å²) in [6.07, 6.45) is 2.04. The van der Waals surface area contributed by atoms with Gasteiger partial charge >= 0.3 is 0 Å². The molecule has 3 N–H and O–H groups in total. The third kappa shape index (κ3) is 2.93. The topological polar surface area (TPSA) is 72.2 Å². The molecule has 0 aliphatic carbocycles. The van der Waals surface area contributed by atoms with Crippen LogP contribution in [0, 0.1) is 0 Å². The van der Waals surface area contributed by atoms with Gasteiger partial charge in [-0.2, -0.15) is 0 Å². The number of aryl methyl sites for hydroxylation is 1. The van der Waals surface area contributed by atoms with Crippen molar-refractivity contribution in [3.05, 3.63) is 48.0 Å². The fourth-order valence-corrected chi connectivity index (χ4v) is 2.91. The predicted octanol–water partition coefficient (Wildman–Crippen LogP) is 2.98. The highest BCUT2D eigenvalue weighted by Gasteiger charge is 2.14. The molecular weight excluding hydrogens is 272 g/mol. The smallest absolute Gasteiger partial charge is 0.177 e. The summed E-state index contributed by atoms with van der Waals surface area (Å²) in [7, 11) is -3.33. The molecule has 5 heteroatoms. The summed E-state index contributed by atoms with van der Waals surface area (Å²) in [5.74, 6) is 0. The molecule has 4 nitrogen and oxygen atoms in total. The van der Waals surface area contributed by atoms with E-state index in [2.05, 4.69) is 12.2 Å². The van der Waals surface area contributed by atoms with Gasteiger partial charge < -0.3 is 11.1 Å². The van der Waals surface area contributed by atoms with Crippen molar-refractivity contribution < 1.29 is 8.42 Å². The molecule has 2 aromatic rings. The molecule has 0 unspecified atom stereocenters. The first-order chi connectivity index (χ1) is 9.43. The van der Waals surface area contributed by atoms with Gasteiger partial charge in [0.1, 0.15) is 0 Å². The number of sulfone groups is 1. The van der Waals surface area contributed by atoms with Crippen molar-refractivity contribution in [2.45, 2.75) is 18.2 Å². The zero-order valence-corrected chi connectivity index (χ0v) is 12.4. The summed E-state index contributed by atoms with van der Waals surface area (Å²) >= 11 is 0. The van der Waals surface area contributed by atoms with Gasteiger partial charge in [-0.05, 0) is 30.2 Å². The summed E-state index contributed by atoms with van der Waals surface area (Å²) in [6.45, 7) is 2.07. The number of anilines is 3. The highest BCUT2D eigenvalue weighted by Crippen LogP contribution is 2.30. The van der Waals surface area contributed by atoms with Gasteiger partial charge in [0.05, 0.1) is 16.3 Å². The normalized spacial score (nSPS) is 11.3. The van der Waals surface area contributed by atoms with E-state index in [1.165, 1.54) is 6.07 Å². The minimum atomic E-state index is -3.33. The molecule has 0 saturated heterocycles. The van der Waals surface area contributed by atoms with Crippen LogP contribution in [0.4, 0.5) is 17.1 Å². The molecule has 0 amide bonds. The fraction of sp³-hybridized carbons (Fsp3) is 0.200. The second-order valence-electron chi connectivity index (χ2n) is 4.63. The lowest BCUT2D eigenvalue weighted by Crippen LogP contribution is -2.05. The Bertz CT molecular complexity index is 724. The van der Waals surface area contributed by atoms with E-state index in [-0.39, 0.29) is 10.6 Å². The third-order valence-corrected chi connectivity index (χ3v) is 4.29. The van der Waals surface area contributed by atoms with Gasteiger partial charge in [-0.15, -0.1) is 0 Å². The van der Waals surface area contributed by atoms with E-state index in [9.17, 15) is 8.42 Å². The molecule has 2 rings (SSSR count). The van der Waals surface area contributed by atoms with Crippen molar-refractivity contribution in [1.82, 2.24) is 0 Å². The van der Waals surface area contributed by atoms with Crippen molar-refractivity contribution in [2.75, 3.05) is 17.3 Å². The van der Waals surface area contributed by atoms with E-state index >= 15 is 0 Å². The Morgan fingerprint density at radius 2 is 1.70 bits per heavy atom. The minimum absolute atomic E-state index is 0.150. The molecule has 0 spiro atoms. The Morgan fingerprint density at radius 1 is 1.05 bits per heavy atom. The molecule has 0 atom stereocenters. The van der Waals surface area contributed by atoms with E-state index < -0.39 is 9.84 Å². The van der Waals surface area contributed by atoms with Gasteiger partial charge in [-0.25, -0.2) is 8.42 Å². The molecule has 0 aromatic heterocycles. The molecule has 0 bridgehead atoms. The number of rotatable bonds is 4. The SMILES string of the molecule is CCc1ccccc1Nc1cccc(S(C)(=O)=O)c1N. The molecule has 0 heterocycles. The Morgan fingerprint density at radius 3 is 2.35 bits per heavy atom. The van der Waals surface area contributed by atoms with Crippen LogP contribution in [-0.4, -0.2) is 14.7 Å². The first-order valence-corrected chi connectivity index (χ1v) is 8.26. The van der Waals surface area contributed by atoms with Gasteiger partial charge in [-0.3, -0.25) is 0 Å². The maximum absolute atomic E-state index is 11.7. The van der Waals surface area contributed by atoms with Crippen LogP contribution in [0.1, 0.15) is 12.5 Å². The second kappa shape index (κ2) is 5.54.